The number of hydrogen-bond donors (Lipinski definition) is 3. The Hall–Kier alpha value is -3.36. The molecule has 2 unspecified atom stereocenters. The molecular formula is C27H27ClN4O4. The fourth-order valence-electron chi connectivity index (χ4n) is 5.74. The van der Waals surface area contributed by atoms with E-state index in [0.29, 0.717) is 44.7 Å². The average molecular weight is 507 g/mol. The highest BCUT2D eigenvalue weighted by atomic mass is 35.5. The van der Waals surface area contributed by atoms with Crippen molar-refractivity contribution in [2.75, 3.05) is 0 Å². The Balaban J connectivity index is 1.42. The lowest BCUT2D eigenvalue weighted by atomic mass is 9.96. The van der Waals surface area contributed by atoms with Crippen molar-refractivity contribution in [1.29, 1.82) is 0 Å². The van der Waals surface area contributed by atoms with Crippen molar-refractivity contribution in [3.05, 3.63) is 68.7 Å². The topological polar surface area (TPSA) is 109 Å². The van der Waals surface area contributed by atoms with Gasteiger partial charge in [-0.1, -0.05) is 48.2 Å². The Bertz CT molecular complexity index is 1550. The molecule has 2 aromatic carbocycles. The molecule has 6 rings (SSSR count). The highest BCUT2D eigenvalue weighted by molar-refractivity contribution is 6.37. The highest BCUT2D eigenvalue weighted by Gasteiger charge is 2.33. The number of pyridine rings is 1. The van der Waals surface area contributed by atoms with Gasteiger partial charge in [0.05, 0.1) is 22.7 Å². The zero-order valence-corrected chi connectivity index (χ0v) is 20.6. The van der Waals surface area contributed by atoms with Crippen molar-refractivity contribution in [2.45, 2.75) is 63.6 Å². The van der Waals surface area contributed by atoms with Crippen molar-refractivity contribution < 1.29 is 14.4 Å². The summed E-state index contributed by atoms with van der Waals surface area (Å²) in [5.74, 6) is 0.418. The number of rotatable bonds is 3. The third-order valence-electron chi connectivity index (χ3n) is 7.51. The summed E-state index contributed by atoms with van der Waals surface area (Å²) in [7, 11) is 0. The zero-order chi connectivity index (χ0) is 25.0. The van der Waals surface area contributed by atoms with Gasteiger partial charge in [0.1, 0.15) is 16.7 Å². The number of hydrogen-bond acceptors (Lipinski definition) is 5. The van der Waals surface area contributed by atoms with Crippen LogP contribution in [-0.2, 0) is 6.42 Å². The molecule has 2 amide bonds. The van der Waals surface area contributed by atoms with Gasteiger partial charge in [-0.15, -0.1) is 0 Å². The predicted molar refractivity (Wildman–Crippen MR) is 138 cm³/mol. The summed E-state index contributed by atoms with van der Waals surface area (Å²) in [4.78, 5) is 26.4. The first kappa shape index (κ1) is 23.1. The van der Waals surface area contributed by atoms with E-state index in [2.05, 4.69) is 15.8 Å². The standard InChI is InChI=1S/C27H27ClN4O4/c1-14-22-25(31-36-14)23-19(28)8-5-9-20(23)32(26(22)34)17-11-10-15-12-21(33)24(18(15)13-17)30-27(35)29-16-6-3-2-4-7-16/h5,8-11,13,16,21,24,33H,2-4,6-7,12H2,1H3,(H2,29,30,35). The molecule has 2 aromatic heterocycles. The Morgan fingerprint density at radius 1 is 1.14 bits per heavy atom. The second kappa shape index (κ2) is 8.94. The van der Waals surface area contributed by atoms with Gasteiger partial charge in [0.2, 0.25) is 0 Å². The molecule has 0 spiro atoms. The van der Waals surface area contributed by atoms with E-state index in [9.17, 15) is 14.7 Å². The Morgan fingerprint density at radius 2 is 1.94 bits per heavy atom. The van der Waals surface area contributed by atoms with Gasteiger partial charge in [-0.2, -0.15) is 0 Å². The van der Waals surface area contributed by atoms with E-state index in [1.807, 2.05) is 24.3 Å². The van der Waals surface area contributed by atoms with E-state index in [1.54, 1.807) is 23.6 Å². The summed E-state index contributed by atoms with van der Waals surface area (Å²) >= 11 is 6.55. The third-order valence-corrected chi connectivity index (χ3v) is 7.83. The lowest BCUT2D eigenvalue weighted by Gasteiger charge is -2.25. The number of aliphatic hydroxyl groups is 1. The number of urea groups is 1. The fourth-order valence-corrected chi connectivity index (χ4v) is 6.00. The molecule has 8 nitrogen and oxygen atoms in total. The van der Waals surface area contributed by atoms with E-state index in [0.717, 1.165) is 36.8 Å². The van der Waals surface area contributed by atoms with Crippen LogP contribution in [0.2, 0.25) is 5.02 Å². The number of carbonyl (C=O) groups is 1. The number of fused-ring (bicyclic) bond motifs is 4. The number of aliphatic hydroxyl groups excluding tert-OH is 1. The second-order valence-corrected chi connectivity index (χ2v) is 10.2. The van der Waals surface area contributed by atoms with E-state index in [1.165, 1.54) is 6.42 Å². The monoisotopic (exact) mass is 506 g/mol. The Labute approximate surface area is 212 Å². The van der Waals surface area contributed by atoms with Crippen molar-refractivity contribution in [3.8, 4) is 5.69 Å². The maximum atomic E-state index is 13.7. The zero-order valence-electron chi connectivity index (χ0n) is 19.9. The Morgan fingerprint density at radius 3 is 2.75 bits per heavy atom. The molecule has 4 aromatic rings. The smallest absolute Gasteiger partial charge is 0.315 e. The minimum absolute atomic E-state index is 0.163. The third kappa shape index (κ3) is 3.76. The van der Waals surface area contributed by atoms with Crippen LogP contribution >= 0.6 is 11.6 Å². The van der Waals surface area contributed by atoms with Gasteiger partial charge in [-0.3, -0.25) is 9.36 Å². The largest absolute Gasteiger partial charge is 0.390 e. The van der Waals surface area contributed by atoms with Crippen molar-refractivity contribution in [1.82, 2.24) is 20.4 Å². The summed E-state index contributed by atoms with van der Waals surface area (Å²) in [5.41, 5.74) is 3.12. The van der Waals surface area contributed by atoms with Crippen LogP contribution in [0, 0.1) is 6.92 Å². The molecular weight excluding hydrogens is 480 g/mol. The molecule has 36 heavy (non-hydrogen) atoms. The first-order chi connectivity index (χ1) is 17.4. The number of nitrogens with zero attached hydrogens (tertiary/aromatic N) is 2. The maximum Gasteiger partial charge on any atom is 0.315 e. The van der Waals surface area contributed by atoms with Crippen LogP contribution in [0.25, 0.3) is 27.5 Å². The molecule has 0 bridgehead atoms. The minimum atomic E-state index is -0.752. The molecule has 0 saturated heterocycles. The first-order valence-electron chi connectivity index (χ1n) is 12.4. The van der Waals surface area contributed by atoms with Crippen molar-refractivity contribution >= 4 is 39.4 Å². The number of amides is 2. The van der Waals surface area contributed by atoms with Crippen LogP contribution < -0.4 is 16.2 Å². The molecule has 2 aliphatic carbocycles. The molecule has 2 aliphatic rings. The number of nitrogens with one attached hydrogen (secondary N) is 2. The summed E-state index contributed by atoms with van der Waals surface area (Å²) in [6.07, 6.45) is 5.07. The van der Waals surface area contributed by atoms with Gasteiger partial charge >= 0.3 is 6.03 Å². The molecule has 2 heterocycles. The molecule has 9 heteroatoms. The maximum absolute atomic E-state index is 13.7. The van der Waals surface area contributed by atoms with Gasteiger partial charge in [-0.05, 0) is 55.2 Å². The molecule has 186 valence electrons. The van der Waals surface area contributed by atoms with Crippen LogP contribution in [0.4, 0.5) is 4.79 Å². The van der Waals surface area contributed by atoms with E-state index >= 15 is 0 Å². The molecule has 1 saturated carbocycles. The Kier molecular flexibility index (Phi) is 5.73. The SMILES string of the molecule is Cc1onc2c1c(=O)n(-c1ccc3c(c1)C(NC(=O)NC1CCCCC1)C(O)C3)c1cccc(Cl)c21. The van der Waals surface area contributed by atoms with Gasteiger partial charge in [0, 0.05) is 23.5 Å². The molecule has 1 fully saturated rings. The van der Waals surface area contributed by atoms with Crippen LogP contribution in [0.3, 0.4) is 0 Å². The number of carbonyl (C=O) groups excluding carboxylic acids is 1. The summed E-state index contributed by atoms with van der Waals surface area (Å²) < 4.78 is 6.95. The van der Waals surface area contributed by atoms with Crippen molar-refractivity contribution in [2.24, 2.45) is 0 Å². The summed E-state index contributed by atoms with van der Waals surface area (Å²) in [5, 5.41) is 22.4. The predicted octanol–water partition coefficient (Wildman–Crippen LogP) is 4.68. The second-order valence-electron chi connectivity index (χ2n) is 9.82. The van der Waals surface area contributed by atoms with E-state index in [4.69, 9.17) is 16.1 Å². The van der Waals surface area contributed by atoms with Gasteiger partial charge in [0.25, 0.3) is 5.56 Å². The van der Waals surface area contributed by atoms with Crippen molar-refractivity contribution in [3.63, 3.8) is 0 Å². The number of aromatic nitrogens is 2. The average Bonchev–Trinajstić information content (AvgIpc) is 3.39. The lowest BCUT2D eigenvalue weighted by molar-refractivity contribution is 0.141. The quantitative estimate of drug-likeness (QED) is 0.373. The minimum Gasteiger partial charge on any atom is -0.390 e. The summed E-state index contributed by atoms with van der Waals surface area (Å²) in [6.45, 7) is 1.70. The summed E-state index contributed by atoms with van der Waals surface area (Å²) in [6, 6.07) is 10.3. The van der Waals surface area contributed by atoms with Gasteiger partial charge < -0.3 is 20.3 Å². The van der Waals surface area contributed by atoms with Gasteiger partial charge in [0.15, 0.2) is 0 Å². The molecule has 0 aliphatic heterocycles. The number of benzene rings is 2. The fraction of sp³-hybridized carbons (Fsp3) is 0.370. The normalized spacial score (nSPS) is 20.1. The van der Waals surface area contributed by atoms with E-state index < -0.39 is 12.1 Å². The van der Waals surface area contributed by atoms with Crippen LogP contribution in [0.15, 0.2) is 45.7 Å². The van der Waals surface area contributed by atoms with Crippen LogP contribution in [0.5, 0.6) is 0 Å². The number of halogens is 1. The van der Waals surface area contributed by atoms with E-state index in [-0.39, 0.29) is 17.6 Å². The molecule has 0 radical (unpaired) electrons. The first-order valence-corrected chi connectivity index (χ1v) is 12.8. The van der Waals surface area contributed by atoms with Crippen LogP contribution in [-0.4, -0.2) is 33.0 Å². The highest BCUT2D eigenvalue weighted by Crippen LogP contribution is 2.35. The number of aryl methyl sites for hydroxylation is 1. The van der Waals surface area contributed by atoms with Gasteiger partial charge in [-0.25, -0.2) is 4.79 Å². The molecule has 3 N–H and O–H groups in total. The molecule has 2 atom stereocenters. The van der Waals surface area contributed by atoms with Crippen LogP contribution in [0.1, 0.15) is 55.0 Å². The lowest BCUT2D eigenvalue weighted by Crippen LogP contribution is -2.45.